The monoisotopic (exact) mass is 165 g/mol. The molecule has 1 aromatic rings. The second-order valence-corrected chi connectivity index (χ2v) is 4.23. The molecule has 1 aliphatic rings. The number of nitrogens with two attached hydrogens (primary N) is 1. The summed E-state index contributed by atoms with van der Waals surface area (Å²) >= 11 is 0. The molecule has 0 aromatic carbocycles. The topological polar surface area (TPSA) is 54.7 Å². The Kier molecular flexibility index (Phi) is 1.51. The fraction of sp³-hybridized carbons (Fsp3) is 0.667. The molecule has 1 aliphatic carbocycles. The van der Waals surface area contributed by atoms with Gasteiger partial charge in [-0.1, -0.05) is 13.8 Å². The number of aromatic nitrogens is 2. The highest BCUT2D eigenvalue weighted by molar-refractivity contribution is 5.21. The molecule has 3 nitrogen and oxygen atoms in total. The number of nitrogens with one attached hydrogen (secondary N) is 1. The quantitative estimate of drug-likeness (QED) is 0.610. The Morgan fingerprint density at radius 3 is 3.17 bits per heavy atom. The Labute approximate surface area is 72.4 Å². The van der Waals surface area contributed by atoms with Crippen molar-refractivity contribution in [1.82, 2.24) is 9.97 Å². The molecule has 0 saturated heterocycles. The van der Waals surface area contributed by atoms with E-state index in [1.54, 1.807) is 6.33 Å². The summed E-state index contributed by atoms with van der Waals surface area (Å²) in [5, 5.41) is 0. The molecule has 0 saturated carbocycles. The Hall–Kier alpha value is -0.830. The minimum absolute atomic E-state index is 0.0903. The van der Waals surface area contributed by atoms with Crippen LogP contribution in [0.15, 0.2) is 6.33 Å². The van der Waals surface area contributed by atoms with E-state index in [-0.39, 0.29) is 11.5 Å². The van der Waals surface area contributed by atoms with Crippen molar-refractivity contribution in [2.75, 3.05) is 0 Å². The van der Waals surface area contributed by atoms with Crippen LogP contribution in [0.3, 0.4) is 0 Å². The predicted octanol–water partition coefficient (Wildman–Crippen LogP) is 1.38. The molecule has 0 amide bonds. The van der Waals surface area contributed by atoms with Gasteiger partial charge in [0.2, 0.25) is 0 Å². The van der Waals surface area contributed by atoms with Crippen molar-refractivity contribution < 1.29 is 0 Å². The van der Waals surface area contributed by atoms with Crippen LogP contribution >= 0.6 is 0 Å². The first kappa shape index (κ1) is 7.80. The number of aromatic amines is 1. The highest BCUT2D eigenvalue weighted by Crippen LogP contribution is 2.40. The molecular weight excluding hydrogens is 150 g/mol. The van der Waals surface area contributed by atoms with Crippen molar-refractivity contribution in [2.24, 2.45) is 11.1 Å². The fourth-order valence-corrected chi connectivity index (χ4v) is 1.77. The third-order valence-corrected chi connectivity index (χ3v) is 2.91. The van der Waals surface area contributed by atoms with Gasteiger partial charge in [0.05, 0.1) is 18.1 Å². The summed E-state index contributed by atoms with van der Waals surface area (Å²) in [5.41, 5.74) is 8.57. The molecule has 1 atom stereocenters. The Morgan fingerprint density at radius 2 is 2.42 bits per heavy atom. The molecule has 1 heterocycles. The van der Waals surface area contributed by atoms with Gasteiger partial charge in [-0.3, -0.25) is 0 Å². The van der Waals surface area contributed by atoms with Crippen LogP contribution in [0, 0.1) is 5.41 Å². The lowest BCUT2D eigenvalue weighted by atomic mass is 9.74. The predicted molar refractivity (Wildman–Crippen MR) is 47.6 cm³/mol. The summed E-state index contributed by atoms with van der Waals surface area (Å²) in [6.07, 6.45) is 3.96. The van der Waals surface area contributed by atoms with E-state index in [0.717, 1.165) is 18.5 Å². The van der Waals surface area contributed by atoms with Gasteiger partial charge in [-0.25, -0.2) is 4.98 Å². The second kappa shape index (κ2) is 2.33. The number of imidazole rings is 1. The first-order valence-corrected chi connectivity index (χ1v) is 4.39. The van der Waals surface area contributed by atoms with Crippen LogP contribution in [-0.4, -0.2) is 9.97 Å². The molecule has 3 N–H and O–H groups in total. The van der Waals surface area contributed by atoms with Gasteiger partial charge in [0, 0.05) is 5.69 Å². The zero-order valence-corrected chi connectivity index (χ0v) is 7.59. The molecule has 12 heavy (non-hydrogen) atoms. The van der Waals surface area contributed by atoms with Crippen molar-refractivity contribution in [2.45, 2.75) is 32.7 Å². The summed E-state index contributed by atoms with van der Waals surface area (Å²) in [4.78, 5) is 7.39. The summed E-state index contributed by atoms with van der Waals surface area (Å²) in [7, 11) is 0. The molecule has 0 radical (unpaired) electrons. The maximum atomic E-state index is 6.09. The fourth-order valence-electron chi connectivity index (χ4n) is 1.77. The number of hydrogen-bond donors (Lipinski definition) is 2. The van der Waals surface area contributed by atoms with Crippen LogP contribution in [0.5, 0.6) is 0 Å². The Bertz CT molecular complexity index is 288. The Balaban J connectivity index is 2.42. The van der Waals surface area contributed by atoms with E-state index in [1.807, 2.05) is 0 Å². The van der Waals surface area contributed by atoms with Crippen molar-refractivity contribution in [3.05, 3.63) is 17.7 Å². The molecule has 0 aliphatic heterocycles. The zero-order valence-electron chi connectivity index (χ0n) is 7.59. The van der Waals surface area contributed by atoms with Gasteiger partial charge in [-0.05, 0) is 18.3 Å². The van der Waals surface area contributed by atoms with Crippen LogP contribution in [0.4, 0.5) is 0 Å². The van der Waals surface area contributed by atoms with Crippen LogP contribution in [0.1, 0.15) is 37.7 Å². The average Bonchev–Trinajstić information content (AvgIpc) is 2.45. The number of fused-ring (bicyclic) bond motifs is 1. The van der Waals surface area contributed by atoms with Crippen molar-refractivity contribution in [1.29, 1.82) is 0 Å². The van der Waals surface area contributed by atoms with Crippen LogP contribution in [0.2, 0.25) is 0 Å². The molecule has 66 valence electrons. The highest BCUT2D eigenvalue weighted by Gasteiger charge is 2.34. The first-order valence-electron chi connectivity index (χ1n) is 4.39. The molecule has 3 heteroatoms. The van der Waals surface area contributed by atoms with Crippen LogP contribution in [0.25, 0.3) is 0 Å². The van der Waals surface area contributed by atoms with Gasteiger partial charge >= 0.3 is 0 Å². The maximum Gasteiger partial charge on any atom is 0.0925 e. The number of nitrogens with zero attached hydrogens (tertiary/aromatic N) is 1. The van der Waals surface area contributed by atoms with Gasteiger partial charge in [-0.2, -0.15) is 0 Å². The summed E-state index contributed by atoms with van der Waals surface area (Å²) in [6, 6.07) is 0.0903. The molecule has 1 unspecified atom stereocenters. The average molecular weight is 165 g/mol. The third-order valence-electron chi connectivity index (χ3n) is 2.91. The van der Waals surface area contributed by atoms with Gasteiger partial charge < -0.3 is 10.7 Å². The smallest absolute Gasteiger partial charge is 0.0925 e. The van der Waals surface area contributed by atoms with E-state index >= 15 is 0 Å². The largest absolute Gasteiger partial charge is 0.348 e. The van der Waals surface area contributed by atoms with E-state index < -0.39 is 0 Å². The van der Waals surface area contributed by atoms with Gasteiger partial charge in [0.1, 0.15) is 0 Å². The summed E-state index contributed by atoms with van der Waals surface area (Å²) in [5.74, 6) is 0. The van der Waals surface area contributed by atoms with E-state index in [1.165, 1.54) is 5.69 Å². The SMILES string of the molecule is CC1(C)CCc2[nH]cnc2C1N. The molecule has 1 aromatic heterocycles. The molecule has 0 spiro atoms. The molecular formula is C9H15N3. The van der Waals surface area contributed by atoms with Crippen molar-refractivity contribution in [3.8, 4) is 0 Å². The minimum Gasteiger partial charge on any atom is -0.348 e. The van der Waals surface area contributed by atoms with E-state index in [4.69, 9.17) is 5.73 Å². The first-order chi connectivity index (χ1) is 5.61. The molecule has 2 rings (SSSR count). The van der Waals surface area contributed by atoms with Crippen LogP contribution < -0.4 is 5.73 Å². The lowest BCUT2D eigenvalue weighted by molar-refractivity contribution is 0.244. The number of aryl methyl sites for hydroxylation is 1. The standard InChI is InChI=1S/C9H15N3/c1-9(2)4-3-6-7(8(9)10)12-5-11-6/h5,8H,3-4,10H2,1-2H3,(H,11,12). The maximum absolute atomic E-state index is 6.09. The highest BCUT2D eigenvalue weighted by atomic mass is 14.9. The number of H-pyrrole nitrogens is 1. The summed E-state index contributed by atoms with van der Waals surface area (Å²) in [6.45, 7) is 4.41. The van der Waals surface area contributed by atoms with Gasteiger partial charge in [0.25, 0.3) is 0 Å². The number of hydrogen-bond acceptors (Lipinski definition) is 2. The van der Waals surface area contributed by atoms with Crippen LogP contribution in [-0.2, 0) is 6.42 Å². The van der Waals surface area contributed by atoms with E-state index in [2.05, 4.69) is 23.8 Å². The zero-order chi connectivity index (χ0) is 8.77. The number of rotatable bonds is 0. The third kappa shape index (κ3) is 0.966. The van der Waals surface area contributed by atoms with Crippen molar-refractivity contribution >= 4 is 0 Å². The minimum atomic E-state index is 0.0903. The van der Waals surface area contributed by atoms with Crippen molar-refractivity contribution in [3.63, 3.8) is 0 Å². The molecule has 0 fully saturated rings. The van der Waals surface area contributed by atoms with E-state index in [0.29, 0.717) is 0 Å². The lowest BCUT2D eigenvalue weighted by Gasteiger charge is -2.34. The molecule has 0 bridgehead atoms. The van der Waals surface area contributed by atoms with Gasteiger partial charge in [-0.15, -0.1) is 0 Å². The lowest BCUT2D eigenvalue weighted by Crippen LogP contribution is -2.34. The Morgan fingerprint density at radius 1 is 1.67 bits per heavy atom. The second-order valence-electron chi connectivity index (χ2n) is 4.23. The summed E-state index contributed by atoms with van der Waals surface area (Å²) < 4.78 is 0. The van der Waals surface area contributed by atoms with Gasteiger partial charge in [0.15, 0.2) is 0 Å². The van der Waals surface area contributed by atoms with E-state index in [9.17, 15) is 0 Å². The normalized spacial score (nSPS) is 26.8.